The molecule has 1 heterocycles. The number of aliphatic hydroxyl groups excluding tert-OH is 1. The number of aromatic nitrogens is 1. The Labute approximate surface area is 111 Å². The lowest BCUT2D eigenvalue weighted by Gasteiger charge is -2.12. The summed E-state index contributed by atoms with van der Waals surface area (Å²) in [6.45, 7) is 0.132. The van der Waals surface area contributed by atoms with Crippen molar-refractivity contribution >= 4 is 17.7 Å². The third kappa shape index (κ3) is 3.11. The molecule has 0 bridgehead atoms. The minimum absolute atomic E-state index is 0.00915. The van der Waals surface area contributed by atoms with Crippen LogP contribution in [0.5, 0.6) is 0 Å². The standard InChI is InChI=1S/C13H16N2O2S/c1-18-12-5-3-10(7-14-12)13(17)15-11-4-2-9(6-11)8-16/h2-5,7,9,11,16H,6,8H2,1H3,(H,15,17)/t9-,11+/m0/s1. The van der Waals surface area contributed by atoms with E-state index in [-0.39, 0.29) is 24.5 Å². The van der Waals surface area contributed by atoms with Gasteiger partial charge in [0.25, 0.3) is 5.91 Å². The molecule has 0 spiro atoms. The SMILES string of the molecule is CSc1ccc(C(=O)N[C@@H]2C=C[C@H](CO)C2)cn1. The molecule has 1 aliphatic carbocycles. The predicted molar refractivity (Wildman–Crippen MR) is 71.6 cm³/mol. The Morgan fingerprint density at radius 2 is 2.39 bits per heavy atom. The first-order valence-corrected chi connectivity index (χ1v) is 7.05. The van der Waals surface area contributed by atoms with E-state index in [0.717, 1.165) is 11.4 Å². The molecular weight excluding hydrogens is 248 g/mol. The lowest BCUT2D eigenvalue weighted by Crippen LogP contribution is -2.32. The number of nitrogens with zero attached hydrogens (tertiary/aromatic N) is 1. The summed E-state index contributed by atoms with van der Waals surface area (Å²) in [5.74, 6) is 0.0377. The highest BCUT2D eigenvalue weighted by atomic mass is 32.2. The third-order valence-corrected chi connectivity index (χ3v) is 3.59. The van der Waals surface area contributed by atoms with Crippen molar-refractivity contribution in [2.75, 3.05) is 12.9 Å². The van der Waals surface area contributed by atoms with Gasteiger partial charge in [-0.1, -0.05) is 12.2 Å². The van der Waals surface area contributed by atoms with Crippen LogP contribution in [0.25, 0.3) is 0 Å². The second kappa shape index (κ2) is 6.02. The molecule has 1 aromatic heterocycles. The highest BCUT2D eigenvalue weighted by Crippen LogP contribution is 2.17. The van der Waals surface area contributed by atoms with Gasteiger partial charge in [-0.05, 0) is 24.8 Å². The number of amides is 1. The van der Waals surface area contributed by atoms with Crippen LogP contribution in [0, 0.1) is 5.92 Å². The molecule has 0 unspecified atom stereocenters. The minimum atomic E-state index is -0.122. The van der Waals surface area contributed by atoms with E-state index in [1.54, 1.807) is 24.0 Å². The molecule has 0 fully saturated rings. The largest absolute Gasteiger partial charge is 0.396 e. The number of aliphatic hydroxyl groups is 1. The van der Waals surface area contributed by atoms with E-state index in [4.69, 9.17) is 5.11 Å². The summed E-state index contributed by atoms with van der Waals surface area (Å²) in [4.78, 5) is 16.1. The van der Waals surface area contributed by atoms with Crippen LogP contribution < -0.4 is 5.32 Å². The topological polar surface area (TPSA) is 62.2 Å². The van der Waals surface area contributed by atoms with Gasteiger partial charge < -0.3 is 10.4 Å². The van der Waals surface area contributed by atoms with Gasteiger partial charge >= 0.3 is 0 Å². The molecule has 96 valence electrons. The van der Waals surface area contributed by atoms with Crippen molar-refractivity contribution in [3.63, 3.8) is 0 Å². The fourth-order valence-corrected chi connectivity index (χ4v) is 2.27. The Kier molecular flexibility index (Phi) is 4.38. The van der Waals surface area contributed by atoms with Crippen LogP contribution in [-0.2, 0) is 0 Å². The van der Waals surface area contributed by atoms with E-state index in [9.17, 15) is 4.79 Å². The van der Waals surface area contributed by atoms with Gasteiger partial charge in [-0.2, -0.15) is 0 Å². The highest BCUT2D eigenvalue weighted by molar-refractivity contribution is 7.98. The second-order valence-electron chi connectivity index (χ2n) is 4.23. The fourth-order valence-electron chi connectivity index (χ4n) is 1.90. The average molecular weight is 264 g/mol. The van der Waals surface area contributed by atoms with Gasteiger partial charge in [0.05, 0.1) is 10.6 Å². The molecule has 0 radical (unpaired) electrons. The van der Waals surface area contributed by atoms with E-state index < -0.39 is 0 Å². The highest BCUT2D eigenvalue weighted by Gasteiger charge is 2.20. The van der Waals surface area contributed by atoms with E-state index >= 15 is 0 Å². The molecule has 4 nitrogen and oxygen atoms in total. The van der Waals surface area contributed by atoms with E-state index in [1.807, 2.05) is 24.5 Å². The first-order chi connectivity index (χ1) is 8.72. The molecule has 0 aromatic carbocycles. The summed E-state index contributed by atoms with van der Waals surface area (Å²) in [5, 5.41) is 12.8. The molecule has 5 heteroatoms. The molecule has 0 saturated heterocycles. The van der Waals surface area contributed by atoms with Crippen LogP contribution in [0.1, 0.15) is 16.8 Å². The van der Waals surface area contributed by atoms with Gasteiger partial charge in [0, 0.05) is 24.8 Å². The summed E-state index contributed by atoms with van der Waals surface area (Å²) in [6, 6.07) is 3.62. The number of nitrogens with one attached hydrogen (secondary N) is 1. The first-order valence-electron chi connectivity index (χ1n) is 5.83. The number of hydrogen-bond donors (Lipinski definition) is 2. The zero-order valence-electron chi connectivity index (χ0n) is 10.2. The van der Waals surface area contributed by atoms with Crippen LogP contribution >= 0.6 is 11.8 Å². The summed E-state index contributed by atoms with van der Waals surface area (Å²) in [7, 11) is 0. The smallest absolute Gasteiger partial charge is 0.253 e. The van der Waals surface area contributed by atoms with E-state index in [0.29, 0.717) is 5.56 Å². The quantitative estimate of drug-likeness (QED) is 0.638. The van der Waals surface area contributed by atoms with Gasteiger partial charge in [-0.3, -0.25) is 4.79 Å². The van der Waals surface area contributed by atoms with Crippen molar-refractivity contribution in [2.45, 2.75) is 17.5 Å². The monoisotopic (exact) mass is 264 g/mol. The van der Waals surface area contributed by atoms with Crippen LogP contribution in [0.3, 0.4) is 0 Å². The number of carbonyl (C=O) groups excluding carboxylic acids is 1. The van der Waals surface area contributed by atoms with Crippen molar-refractivity contribution < 1.29 is 9.90 Å². The fraction of sp³-hybridized carbons (Fsp3) is 0.385. The normalized spacial score (nSPS) is 22.1. The third-order valence-electron chi connectivity index (χ3n) is 2.93. The van der Waals surface area contributed by atoms with Crippen molar-refractivity contribution in [3.8, 4) is 0 Å². The zero-order valence-corrected chi connectivity index (χ0v) is 11.0. The Balaban J connectivity index is 1.93. The average Bonchev–Trinajstić information content (AvgIpc) is 2.86. The molecule has 1 amide bonds. The zero-order chi connectivity index (χ0) is 13.0. The molecule has 2 rings (SSSR count). The maximum absolute atomic E-state index is 11.9. The van der Waals surface area contributed by atoms with Crippen molar-refractivity contribution in [3.05, 3.63) is 36.0 Å². The van der Waals surface area contributed by atoms with Crippen LogP contribution in [0.4, 0.5) is 0 Å². The molecule has 1 aliphatic rings. The van der Waals surface area contributed by atoms with Gasteiger partial charge in [0.1, 0.15) is 0 Å². The Bertz CT molecular complexity index is 445. The summed E-state index contributed by atoms with van der Waals surface area (Å²) < 4.78 is 0. The van der Waals surface area contributed by atoms with Crippen LogP contribution in [-0.4, -0.2) is 34.9 Å². The number of pyridine rings is 1. The van der Waals surface area contributed by atoms with Crippen molar-refractivity contribution in [1.29, 1.82) is 0 Å². The molecule has 18 heavy (non-hydrogen) atoms. The number of hydrogen-bond acceptors (Lipinski definition) is 4. The van der Waals surface area contributed by atoms with Gasteiger partial charge in [-0.25, -0.2) is 4.98 Å². The summed E-state index contributed by atoms with van der Waals surface area (Å²) in [6.07, 6.45) is 8.17. The summed E-state index contributed by atoms with van der Waals surface area (Å²) >= 11 is 1.54. The second-order valence-corrected chi connectivity index (χ2v) is 5.06. The van der Waals surface area contributed by atoms with Gasteiger partial charge in [0.15, 0.2) is 0 Å². The Morgan fingerprint density at radius 3 is 2.94 bits per heavy atom. The number of thioether (sulfide) groups is 1. The molecule has 1 aromatic rings. The first kappa shape index (κ1) is 13.1. The van der Waals surface area contributed by atoms with Crippen LogP contribution in [0.2, 0.25) is 0 Å². The Hall–Kier alpha value is -1.33. The van der Waals surface area contributed by atoms with Gasteiger partial charge in [0.2, 0.25) is 0 Å². The van der Waals surface area contributed by atoms with Crippen LogP contribution in [0.15, 0.2) is 35.5 Å². The Morgan fingerprint density at radius 1 is 1.56 bits per heavy atom. The van der Waals surface area contributed by atoms with Crippen molar-refractivity contribution in [2.24, 2.45) is 5.92 Å². The van der Waals surface area contributed by atoms with E-state index in [1.165, 1.54) is 0 Å². The molecule has 0 saturated carbocycles. The van der Waals surface area contributed by atoms with Crippen molar-refractivity contribution in [1.82, 2.24) is 10.3 Å². The maximum atomic E-state index is 11.9. The molecule has 2 N–H and O–H groups in total. The molecule has 2 atom stereocenters. The molecule has 0 aliphatic heterocycles. The summed E-state index contributed by atoms with van der Waals surface area (Å²) in [5.41, 5.74) is 0.564. The predicted octanol–water partition coefficient (Wildman–Crippen LogP) is 1.47. The van der Waals surface area contributed by atoms with E-state index in [2.05, 4.69) is 10.3 Å². The number of carbonyl (C=O) groups is 1. The molecular formula is C13H16N2O2S. The lowest BCUT2D eigenvalue weighted by molar-refractivity contribution is 0.0940. The minimum Gasteiger partial charge on any atom is -0.396 e. The lowest BCUT2D eigenvalue weighted by atomic mass is 10.1. The maximum Gasteiger partial charge on any atom is 0.253 e. The number of rotatable bonds is 4. The van der Waals surface area contributed by atoms with Gasteiger partial charge in [-0.15, -0.1) is 11.8 Å².